The van der Waals surface area contributed by atoms with Crippen molar-refractivity contribution in [1.82, 2.24) is 4.90 Å². The van der Waals surface area contributed by atoms with Gasteiger partial charge in [0.25, 0.3) is 6.47 Å². The normalized spacial score (nSPS) is 15.0. The minimum absolute atomic E-state index is 0.0436. The van der Waals surface area contributed by atoms with E-state index in [1.165, 1.54) is 7.11 Å². The third kappa shape index (κ3) is 6.60. The first kappa shape index (κ1) is 25.2. The van der Waals surface area contributed by atoms with E-state index in [2.05, 4.69) is 22.0 Å². The van der Waals surface area contributed by atoms with Gasteiger partial charge in [-0.25, -0.2) is 0 Å². The number of aromatic hydroxyl groups is 1. The zero-order valence-corrected chi connectivity index (χ0v) is 20.3. The van der Waals surface area contributed by atoms with Gasteiger partial charge in [-0.15, -0.1) is 0 Å². The number of hydrogen-bond donors (Lipinski definition) is 1. The lowest BCUT2D eigenvalue weighted by molar-refractivity contribution is -0.144. The van der Waals surface area contributed by atoms with Crippen LogP contribution in [0.1, 0.15) is 51.3 Å². The lowest BCUT2D eigenvalue weighted by atomic mass is 9.84. The Hall–Kier alpha value is -0.855. The van der Waals surface area contributed by atoms with E-state index in [0.29, 0.717) is 6.47 Å². The van der Waals surface area contributed by atoms with Crippen LogP contribution in [0, 0.1) is 0 Å². The van der Waals surface area contributed by atoms with Crippen LogP contribution in [0.5, 0.6) is 5.75 Å². The molecule has 1 N–H and O–H groups in total. The number of ether oxygens (including phenoxy) is 2. The molecule has 0 bridgehead atoms. The monoisotopic (exact) mass is 519 g/mol. The van der Waals surface area contributed by atoms with Crippen LogP contribution < -0.4 is 5.30 Å². The van der Waals surface area contributed by atoms with Crippen molar-refractivity contribution in [3.8, 4) is 5.75 Å². The molecule has 9 heteroatoms. The molecule has 6 nitrogen and oxygen atoms in total. The molecule has 0 saturated carbocycles. The summed E-state index contributed by atoms with van der Waals surface area (Å²) in [6, 6.07) is 3.23. The topological polar surface area (TPSA) is 76.1 Å². The van der Waals surface area contributed by atoms with Gasteiger partial charge in [0.05, 0.1) is 19.6 Å². The highest BCUT2D eigenvalue weighted by Gasteiger charge is 2.29. The number of hydrogen-bond acceptors (Lipinski definition) is 6. The number of rotatable bonds is 9. The highest BCUT2D eigenvalue weighted by Crippen LogP contribution is 2.43. The van der Waals surface area contributed by atoms with E-state index in [-0.39, 0.29) is 30.2 Å². The first-order valence-electron chi connectivity index (χ1n) is 8.86. The Balaban J connectivity index is 3.36. The number of benzene rings is 1. The second-order valence-corrected chi connectivity index (χ2v) is 12.0. The van der Waals surface area contributed by atoms with Crippen LogP contribution in [-0.4, -0.2) is 56.8 Å². The summed E-state index contributed by atoms with van der Waals surface area (Å²) < 4.78 is 9.67. The number of carbonyl (C=O) groups excluding carboxylic acids is 2. The minimum atomic E-state index is -0.878. The van der Waals surface area contributed by atoms with E-state index in [1.54, 1.807) is 0 Å². The molecule has 0 fully saturated rings. The Bertz CT molecular complexity index is 696. The maximum atomic E-state index is 11.8. The number of phenols is 1. The van der Waals surface area contributed by atoms with Gasteiger partial charge in [0, 0.05) is 17.2 Å². The molecule has 3 unspecified atom stereocenters. The summed E-state index contributed by atoms with van der Waals surface area (Å²) in [6.45, 7) is 8.44. The quantitative estimate of drug-likeness (QED) is 0.178. The van der Waals surface area contributed by atoms with Crippen molar-refractivity contribution >= 4 is 52.8 Å². The molecule has 0 aliphatic heterocycles. The molecule has 3 atom stereocenters. The van der Waals surface area contributed by atoms with Gasteiger partial charge in [0.1, 0.15) is 19.9 Å². The third-order valence-electron chi connectivity index (χ3n) is 4.80. The van der Waals surface area contributed by atoms with Gasteiger partial charge in [0.2, 0.25) is 0 Å². The van der Waals surface area contributed by atoms with Crippen LogP contribution >= 0.6 is 27.5 Å². The van der Waals surface area contributed by atoms with Gasteiger partial charge in [-0.1, -0.05) is 48.3 Å². The van der Waals surface area contributed by atoms with Crippen molar-refractivity contribution in [2.24, 2.45) is 0 Å². The van der Waals surface area contributed by atoms with Crippen molar-refractivity contribution in [2.75, 3.05) is 20.8 Å². The molecule has 0 heterocycles. The first-order chi connectivity index (χ1) is 12.9. The molecule has 0 aliphatic rings. The van der Waals surface area contributed by atoms with E-state index in [4.69, 9.17) is 17.0 Å². The van der Waals surface area contributed by atoms with E-state index < -0.39 is 17.5 Å². The van der Waals surface area contributed by atoms with Crippen molar-refractivity contribution in [2.45, 2.75) is 51.6 Å². The molecular formula is C19H28BINO5P. The lowest BCUT2D eigenvalue weighted by Crippen LogP contribution is -2.39. The van der Waals surface area contributed by atoms with Crippen LogP contribution in [-0.2, 0) is 24.5 Å². The molecule has 28 heavy (non-hydrogen) atoms. The van der Waals surface area contributed by atoms with Gasteiger partial charge in [0.15, 0.2) is 0 Å². The van der Waals surface area contributed by atoms with E-state index in [0.717, 1.165) is 16.4 Å². The molecule has 0 spiro atoms. The highest BCUT2D eigenvalue weighted by molar-refractivity contribution is 14.2. The number of halogens is 1. The Kier molecular flexibility index (Phi) is 9.70. The van der Waals surface area contributed by atoms with Gasteiger partial charge >= 0.3 is 5.97 Å². The number of carbonyl (C=O) groups is 2. The molecule has 0 aliphatic carbocycles. The van der Waals surface area contributed by atoms with Crippen molar-refractivity contribution in [3.63, 3.8) is 0 Å². The summed E-state index contributed by atoms with van der Waals surface area (Å²) in [6.07, 6.45) is 0.0631. The van der Waals surface area contributed by atoms with Gasteiger partial charge in [-0.3, -0.25) is 14.5 Å². The van der Waals surface area contributed by atoms with Crippen molar-refractivity contribution in [3.05, 3.63) is 23.3 Å². The smallest absolute Gasteiger partial charge is 0.307 e. The Labute approximate surface area is 182 Å². The van der Waals surface area contributed by atoms with Crippen LogP contribution in [0.15, 0.2) is 12.1 Å². The van der Waals surface area contributed by atoms with E-state index in [9.17, 15) is 14.7 Å². The average molecular weight is 519 g/mol. The summed E-state index contributed by atoms with van der Waals surface area (Å²) in [5.74, 6) is -0.179. The lowest BCUT2D eigenvalue weighted by Gasteiger charge is -2.34. The number of likely N-dealkylation sites (N-methyl/N-ethyl adjacent to an activating group) is 1. The SMILES string of the molecule is [B]P(I)c1cc(C(C)N(C)C(COC=O)CC(=O)OC)c(O)c(C(C)(C)C)c1. The molecule has 1 rings (SSSR count). The molecule has 1 aromatic carbocycles. The Morgan fingerprint density at radius 2 is 2.04 bits per heavy atom. The van der Waals surface area contributed by atoms with Crippen LogP contribution in [0.25, 0.3) is 0 Å². The van der Waals surface area contributed by atoms with Gasteiger partial charge in [-0.2, -0.15) is 0 Å². The molecule has 154 valence electrons. The minimum Gasteiger partial charge on any atom is -0.507 e. The fourth-order valence-electron chi connectivity index (χ4n) is 2.94. The van der Waals surface area contributed by atoms with Gasteiger partial charge < -0.3 is 14.6 Å². The van der Waals surface area contributed by atoms with Crippen molar-refractivity contribution in [1.29, 1.82) is 0 Å². The molecular weight excluding hydrogens is 491 g/mol. The zero-order valence-electron chi connectivity index (χ0n) is 17.2. The molecule has 1 aromatic rings. The van der Waals surface area contributed by atoms with Crippen LogP contribution in [0.2, 0.25) is 0 Å². The number of nitrogens with zero attached hydrogens (tertiary/aromatic N) is 1. The zero-order chi connectivity index (χ0) is 21.6. The molecule has 2 radical (unpaired) electrons. The summed E-state index contributed by atoms with van der Waals surface area (Å²) in [4.78, 5) is 24.3. The third-order valence-corrected chi connectivity index (χ3v) is 7.23. The maximum absolute atomic E-state index is 11.8. The largest absolute Gasteiger partial charge is 0.507 e. The summed E-state index contributed by atoms with van der Waals surface area (Å²) in [7, 11) is 9.31. The Morgan fingerprint density at radius 1 is 1.43 bits per heavy atom. The summed E-state index contributed by atoms with van der Waals surface area (Å²) in [5.41, 5.74) is 0.405. The predicted molar refractivity (Wildman–Crippen MR) is 122 cm³/mol. The number of phenolic OH excluding ortho intramolecular Hbond substituents is 1. The van der Waals surface area contributed by atoms with Crippen molar-refractivity contribution < 1.29 is 24.2 Å². The predicted octanol–water partition coefficient (Wildman–Crippen LogP) is 3.33. The molecule has 0 aromatic heterocycles. The van der Waals surface area contributed by atoms with Crippen LogP contribution in [0.3, 0.4) is 0 Å². The first-order valence-corrected chi connectivity index (χ1v) is 13.1. The van der Waals surface area contributed by atoms with E-state index in [1.807, 2.05) is 51.8 Å². The highest BCUT2D eigenvalue weighted by atomic mass is 127. The number of esters is 1. The molecule has 0 amide bonds. The molecule has 0 saturated heterocycles. The fourth-order valence-corrected chi connectivity index (χ4v) is 4.29. The maximum Gasteiger partial charge on any atom is 0.307 e. The summed E-state index contributed by atoms with van der Waals surface area (Å²) in [5, 5.41) is 12.0. The average Bonchev–Trinajstić information content (AvgIpc) is 2.62. The standard InChI is InChI=1S/C19H28BINO5P/c1-12(22(5)13(10-27-11-23)7-17(24)26-6)15-8-14(28(20)21)9-16(18(15)25)19(2,3)4/h8-9,11-13,25H,7,10H2,1-6H3. The van der Waals surface area contributed by atoms with Crippen LogP contribution in [0.4, 0.5) is 0 Å². The van der Waals surface area contributed by atoms with E-state index >= 15 is 0 Å². The number of methoxy groups -OCH3 is 1. The summed E-state index contributed by atoms with van der Waals surface area (Å²) >= 11 is 2.20. The van der Waals surface area contributed by atoms with Gasteiger partial charge in [-0.05, 0) is 36.8 Å². The second-order valence-electron chi connectivity index (χ2n) is 7.70. The fraction of sp³-hybridized carbons (Fsp3) is 0.579. The Morgan fingerprint density at radius 3 is 2.50 bits per heavy atom. The second kappa shape index (κ2) is 10.8.